The molecule has 1 aliphatic carbocycles. The number of hydrogen-bond donors (Lipinski definition) is 1. The smallest absolute Gasteiger partial charge is 0.123 e. The molecule has 1 unspecified atom stereocenters. The number of ether oxygens (including phenoxy) is 1. The Balaban J connectivity index is 2.38. The van der Waals surface area contributed by atoms with Crippen LogP contribution in [0.15, 0.2) is 18.2 Å². The van der Waals surface area contributed by atoms with Gasteiger partial charge in [0.1, 0.15) is 5.75 Å². The lowest BCUT2D eigenvalue weighted by Gasteiger charge is -2.41. The van der Waals surface area contributed by atoms with Gasteiger partial charge in [-0.1, -0.05) is 37.8 Å². The molecule has 1 atom stereocenters. The van der Waals surface area contributed by atoms with Gasteiger partial charge in [-0.05, 0) is 43.5 Å². The summed E-state index contributed by atoms with van der Waals surface area (Å²) in [6, 6.07) is 6.19. The summed E-state index contributed by atoms with van der Waals surface area (Å²) in [4.78, 5) is 0. The van der Waals surface area contributed by atoms with E-state index in [9.17, 15) is 0 Å². The van der Waals surface area contributed by atoms with Crippen molar-refractivity contribution in [1.82, 2.24) is 5.32 Å². The van der Waals surface area contributed by atoms with Crippen molar-refractivity contribution >= 4 is 11.6 Å². The van der Waals surface area contributed by atoms with Gasteiger partial charge in [0.05, 0.1) is 7.11 Å². The summed E-state index contributed by atoms with van der Waals surface area (Å²) in [5.41, 5.74) is 1.47. The van der Waals surface area contributed by atoms with E-state index in [0.717, 1.165) is 10.8 Å². The number of methoxy groups -OCH3 is 1. The molecule has 0 radical (unpaired) electrons. The third-order valence-corrected chi connectivity index (χ3v) is 4.72. The summed E-state index contributed by atoms with van der Waals surface area (Å²) in [6.45, 7) is 2.38. The second-order valence-corrected chi connectivity index (χ2v) is 6.26. The Bertz CT molecular complexity index is 427. The molecular weight excluding hydrogens is 258 g/mol. The minimum Gasteiger partial charge on any atom is -0.496 e. The maximum absolute atomic E-state index is 6.18. The minimum absolute atomic E-state index is 0.283. The summed E-state index contributed by atoms with van der Waals surface area (Å²) in [6.07, 6.45) is 6.51. The highest BCUT2D eigenvalue weighted by Crippen LogP contribution is 2.47. The first-order valence-electron chi connectivity index (χ1n) is 7.11. The second kappa shape index (κ2) is 6.15. The van der Waals surface area contributed by atoms with Gasteiger partial charge >= 0.3 is 0 Å². The molecule has 0 bridgehead atoms. The van der Waals surface area contributed by atoms with E-state index in [1.165, 1.54) is 37.7 Å². The van der Waals surface area contributed by atoms with Gasteiger partial charge in [0.2, 0.25) is 0 Å². The Kier molecular flexibility index (Phi) is 4.75. The highest BCUT2D eigenvalue weighted by molar-refractivity contribution is 6.30. The monoisotopic (exact) mass is 281 g/mol. The van der Waals surface area contributed by atoms with Crippen molar-refractivity contribution in [1.29, 1.82) is 0 Å². The molecule has 0 saturated heterocycles. The molecule has 3 heteroatoms. The van der Waals surface area contributed by atoms with E-state index < -0.39 is 0 Å². The van der Waals surface area contributed by atoms with Crippen LogP contribution in [0.5, 0.6) is 5.75 Å². The lowest BCUT2D eigenvalue weighted by molar-refractivity contribution is 0.148. The molecule has 1 aliphatic rings. The molecule has 0 aromatic heterocycles. The molecule has 2 rings (SSSR count). The predicted octanol–water partition coefficient (Wildman–Crippen LogP) is 4.58. The molecule has 1 saturated carbocycles. The van der Waals surface area contributed by atoms with Crippen molar-refractivity contribution in [3.8, 4) is 5.75 Å². The molecule has 0 aliphatic heterocycles. The highest BCUT2D eigenvalue weighted by atomic mass is 35.5. The molecule has 1 N–H and O–H groups in total. The van der Waals surface area contributed by atoms with Crippen molar-refractivity contribution in [2.45, 2.75) is 45.1 Å². The molecule has 106 valence electrons. The van der Waals surface area contributed by atoms with Crippen LogP contribution in [0.2, 0.25) is 5.02 Å². The topological polar surface area (TPSA) is 21.3 Å². The number of hydrogen-bond acceptors (Lipinski definition) is 2. The van der Waals surface area contributed by atoms with Gasteiger partial charge in [-0.25, -0.2) is 0 Å². The molecular formula is C16H24ClNO. The van der Waals surface area contributed by atoms with Crippen LogP contribution in [0.4, 0.5) is 0 Å². The summed E-state index contributed by atoms with van der Waals surface area (Å²) < 4.78 is 5.52. The van der Waals surface area contributed by atoms with Gasteiger partial charge in [-0.15, -0.1) is 0 Å². The van der Waals surface area contributed by atoms with Crippen LogP contribution < -0.4 is 10.1 Å². The van der Waals surface area contributed by atoms with Crippen molar-refractivity contribution in [2.75, 3.05) is 14.2 Å². The first-order valence-corrected chi connectivity index (χ1v) is 7.49. The standard InChI is InChI=1S/C16H24ClNO/c1-16(9-5-4-6-10-16)15(18-2)13-11-12(17)7-8-14(13)19-3/h7-8,11,15,18H,4-6,9-10H2,1-3H3. The summed E-state index contributed by atoms with van der Waals surface area (Å²) in [7, 11) is 3.76. The molecule has 1 fully saturated rings. The molecule has 2 nitrogen and oxygen atoms in total. The number of benzene rings is 1. The Morgan fingerprint density at radius 1 is 1.26 bits per heavy atom. The summed E-state index contributed by atoms with van der Waals surface area (Å²) in [5.74, 6) is 0.926. The van der Waals surface area contributed by atoms with E-state index in [0.29, 0.717) is 6.04 Å². The normalized spacial score (nSPS) is 20.0. The minimum atomic E-state index is 0.283. The van der Waals surface area contributed by atoms with E-state index in [-0.39, 0.29) is 5.41 Å². The summed E-state index contributed by atoms with van der Waals surface area (Å²) >= 11 is 6.18. The van der Waals surface area contributed by atoms with Crippen LogP contribution in [-0.4, -0.2) is 14.2 Å². The summed E-state index contributed by atoms with van der Waals surface area (Å²) in [5, 5.41) is 4.27. The van der Waals surface area contributed by atoms with E-state index >= 15 is 0 Å². The predicted molar refractivity (Wildman–Crippen MR) is 81.0 cm³/mol. The van der Waals surface area contributed by atoms with Crippen molar-refractivity contribution in [2.24, 2.45) is 5.41 Å². The lowest BCUT2D eigenvalue weighted by Crippen LogP contribution is -2.36. The number of halogens is 1. The quantitative estimate of drug-likeness (QED) is 0.872. The van der Waals surface area contributed by atoms with Crippen molar-refractivity contribution < 1.29 is 4.74 Å². The molecule has 0 amide bonds. The van der Waals surface area contributed by atoms with Crippen molar-refractivity contribution in [3.63, 3.8) is 0 Å². The van der Waals surface area contributed by atoms with Gasteiger partial charge in [0, 0.05) is 16.6 Å². The zero-order valence-electron chi connectivity index (χ0n) is 12.1. The Morgan fingerprint density at radius 2 is 1.95 bits per heavy atom. The SMILES string of the molecule is CNC(c1cc(Cl)ccc1OC)C1(C)CCCCC1. The van der Waals surface area contributed by atoms with E-state index in [4.69, 9.17) is 16.3 Å². The third-order valence-electron chi connectivity index (χ3n) is 4.48. The van der Waals surface area contributed by atoms with Crippen LogP contribution in [0.25, 0.3) is 0 Å². The Hall–Kier alpha value is -0.730. The lowest BCUT2D eigenvalue weighted by atomic mass is 9.68. The van der Waals surface area contributed by atoms with Gasteiger partial charge in [-0.3, -0.25) is 0 Å². The van der Waals surface area contributed by atoms with Crippen molar-refractivity contribution in [3.05, 3.63) is 28.8 Å². The molecule has 0 spiro atoms. The highest BCUT2D eigenvalue weighted by Gasteiger charge is 2.36. The van der Waals surface area contributed by atoms with Crippen LogP contribution in [0.3, 0.4) is 0 Å². The van der Waals surface area contributed by atoms with Gasteiger partial charge in [-0.2, -0.15) is 0 Å². The van der Waals surface area contributed by atoms with E-state index in [2.05, 4.69) is 12.2 Å². The third kappa shape index (κ3) is 3.06. The molecule has 1 aromatic rings. The second-order valence-electron chi connectivity index (χ2n) is 5.82. The fraction of sp³-hybridized carbons (Fsp3) is 0.625. The van der Waals surface area contributed by atoms with E-state index in [1.54, 1.807) is 7.11 Å². The molecule has 19 heavy (non-hydrogen) atoms. The molecule has 0 heterocycles. The maximum atomic E-state index is 6.18. The van der Waals surface area contributed by atoms with Gasteiger partial charge in [0.25, 0.3) is 0 Å². The van der Waals surface area contributed by atoms with E-state index in [1.807, 2.05) is 25.2 Å². The van der Waals surface area contributed by atoms with Gasteiger partial charge < -0.3 is 10.1 Å². The fourth-order valence-electron chi connectivity index (χ4n) is 3.46. The zero-order chi connectivity index (χ0) is 13.9. The first kappa shape index (κ1) is 14.7. The first-order chi connectivity index (χ1) is 9.10. The van der Waals surface area contributed by atoms with Crippen LogP contribution in [-0.2, 0) is 0 Å². The largest absolute Gasteiger partial charge is 0.496 e. The van der Waals surface area contributed by atoms with Crippen LogP contribution >= 0.6 is 11.6 Å². The fourth-order valence-corrected chi connectivity index (χ4v) is 3.64. The average molecular weight is 282 g/mol. The van der Waals surface area contributed by atoms with Crippen LogP contribution in [0.1, 0.15) is 50.6 Å². The Labute approximate surface area is 121 Å². The number of nitrogens with one attached hydrogen (secondary N) is 1. The molecule has 1 aromatic carbocycles. The number of rotatable bonds is 4. The maximum Gasteiger partial charge on any atom is 0.123 e. The van der Waals surface area contributed by atoms with Gasteiger partial charge in [0.15, 0.2) is 0 Å². The zero-order valence-corrected chi connectivity index (χ0v) is 12.9. The average Bonchev–Trinajstić information content (AvgIpc) is 2.40. The van der Waals surface area contributed by atoms with Crippen LogP contribution in [0, 0.1) is 5.41 Å². The Morgan fingerprint density at radius 3 is 2.53 bits per heavy atom.